The summed E-state index contributed by atoms with van der Waals surface area (Å²) >= 11 is 0. The van der Waals surface area contributed by atoms with E-state index in [0.29, 0.717) is 6.54 Å². The van der Waals surface area contributed by atoms with Gasteiger partial charge >= 0.3 is 0 Å². The van der Waals surface area contributed by atoms with Crippen molar-refractivity contribution in [1.29, 1.82) is 0 Å². The molecule has 1 unspecified atom stereocenters. The Morgan fingerprint density at radius 2 is 1.92 bits per heavy atom. The van der Waals surface area contributed by atoms with Crippen molar-refractivity contribution in [1.82, 2.24) is 5.06 Å². The second-order valence-corrected chi connectivity index (χ2v) is 2.98. The topological polar surface area (TPSA) is 23.5 Å². The summed E-state index contributed by atoms with van der Waals surface area (Å²) in [4.78, 5) is 0. The molecule has 0 saturated heterocycles. The summed E-state index contributed by atoms with van der Waals surface area (Å²) in [6, 6.07) is 6.06. The first-order valence-corrected chi connectivity index (χ1v) is 4.36. The first-order valence-electron chi connectivity index (χ1n) is 4.36. The molecule has 0 bridgehead atoms. The third kappa shape index (κ3) is 2.50. The molecule has 0 fully saturated rings. The van der Waals surface area contributed by atoms with Crippen molar-refractivity contribution < 1.29 is 9.60 Å². The molecule has 13 heavy (non-hydrogen) atoms. The number of nitrogens with zero attached hydrogens (tertiary/aromatic N) is 1. The van der Waals surface area contributed by atoms with Gasteiger partial charge in [0.1, 0.15) is 5.82 Å². The summed E-state index contributed by atoms with van der Waals surface area (Å²) in [5.41, 5.74) is 0.908. The van der Waals surface area contributed by atoms with Crippen LogP contribution in [0.25, 0.3) is 0 Å². The maximum Gasteiger partial charge on any atom is 0.123 e. The van der Waals surface area contributed by atoms with E-state index in [4.69, 9.17) is 0 Å². The highest BCUT2D eigenvalue weighted by Gasteiger charge is 2.10. The Morgan fingerprint density at radius 3 is 2.38 bits per heavy atom. The number of hydroxylamine groups is 2. The summed E-state index contributed by atoms with van der Waals surface area (Å²) in [7, 11) is 0. The van der Waals surface area contributed by atoms with E-state index in [0.717, 1.165) is 5.56 Å². The van der Waals surface area contributed by atoms with Crippen molar-refractivity contribution in [2.45, 2.75) is 19.9 Å². The molecule has 0 aliphatic carbocycles. The van der Waals surface area contributed by atoms with Crippen LogP contribution in [0.4, 0.5) is 4.39 Å². The second-order valence-electron chi connectivity index (χ2n) is 2.98. The molecule has 0 aliphatic rings. The van der Waals surface area contributed by atoms with Crippen LogP contribution in [0.15, 0.2) is 24.3 Å². The quantitative estimate of drug-likeness (QED) is 0.728. The SMILES string of the molecule is CCN(O)C(C)c1ccc(F)cc1. The fourth-order valence-corrected chi connectivity index (χ4v) is 1.19. The molecule has 0 amide bonds. The van der Waals surface area contributed by atoms with Crippen molar-refractivity contribution in [2.24, 2.45) is 0 Å². The molecule has 0 heterocycles. The molecule has 0 saturated carbocycles. The van der Waals surface area contributed by atoms with Crippen LogP contribution in [-0.2, 0) is 0 Å². The molecule has 2 nitrogen and oxygen atoms in total. The average molecular weight is 183 g/mol. The van der Waals surface area contributed by atoms with Crippen LogP contribution in [0.5, 0.6) is 0 Å². The molecule has 72 valence electrons. The molecule has 1 aromatic rings. The van der Waals surface area contributed by atoms with Crippen LogP contribution in [0.1, 0.15) is 25.5 Å². The highest BCUT2D eigenvalue weighted by molar-refractivity contribution is 5.18. The molecule has 0 aromatic heterocycles. The lowest BCUT2D eigenvalue weighted by molar-refractivity contribution is -0.119. The van der Waals surface area contributed by atoms with Gasteiger partial charge in [0.05, 0.1) is 6.04 Å². The Labute approximate surface area is 77.6 Å². The van der Waals surface area contributed by atoms with Gasteiger partial charge in [-0.3, -0.25) is 0 Å². The number of hydrogen-bond donors (Lipinski definition) is 1. The van der Waals surface area contributed by atoms with Gasteiger partial charge in [-0.25, -0.2) is 4.39 Å². The summed E-state index contributed by atoms with van der Waals surface area (Å²) in [5, 5.41) is 10.6. The lowest BCUT2D eigenvalue weighted by Crippen LogP contribution is -2.22. The Morgan fingerprint density at radius 1 is 1.38 bits per heavy atom. The maximum absolute atomic E-state index is 12.6. The van der Waals surface area contributed by atoms with Gasteiger partial charge in [-0.15, -0.1) is 0 Å². The zero-order valence-electron chi connectivity index (χ0n) is 7.87. The third-order valence-corrected chi connectivity index (χ3v) is 2.12. The zero-order valence-corrected chi connectivity index (χ0v) is 7.87. The van der Waals surface area contributed by atoms with Gasteiger partial charge in [0, 0.05) is 6.54 Å². The van der Waals surface area contributed by atoms with Crippen molar-refractivity contribution in [3.63, 3.8) is 0 Å². The number of benzene rings is 1. The van der Waals surface area contributed by atoms with E-state index >= 15 is 0 Å². The van der Waals surface area contributed by atoms with Crippen LogP contribution in [0, 0.1) is 5.82 Å². The van der Waals surface area contributed by atoms with Crippen molar-refractivity contribution in [3.05, 3.63) is 35.6 Å². The van der Waals surface area contributed by atoms with E-state index in [9.17, 15) is 9.60 Å². The van der Waals surface area contributed by atoms with Crippen LogP contribution < -0.4 is 0 Å². The molecular weight excluding hydrogens is 169 g/mol. The predicted molar refractivity (Wildman–Crippen MR) is 49.0 cm³/mol. The van der Waals surface area contributed by atoms with Crippen molar-refractivity contribution >= 4 is 0 Å². The van der Waals surface area contributed by atoms with Crippen molar-refractivity contribution in [3.8, 4) is 0 Å². The molecule has 0 spiro atoms. The van der Waals surface area contributed by atoms with E-state index in [1.165, 1.54) is 17.2 Å². The first kappa shape index (κ1) is 10.2. The second kappa shape index (κ2) is 4.35. The van der Waals surface area contributed by atoms with E-state index < -0.39 is 0 Å². The zero-order chi connectivity index (χ0) is 9.84. The normalized spacial score (nSPS) is 13.3. The standard InChI is InChI=1S/C10H14FNO/c1-3-12(13)8(2)9-4-6-10(11)7-5-9/h4-8,13H,3H2,1-2H3. The van der Waals surface area contributed by atoms with Crippen molar-refractivity contribution in [2.75, 3.05) is 6.54 Å². The fourth-order valence-electron chi connectivity index (χ4n) is 1.19. The molecular formula is C10H14FNO. The van der Waals surface area contributed by atoms with Crippen LogP contribution in [0.2, 0.25) is 0 Å². The largest absolute Gasteiger partial charge is 0.313 e. The molecule has 1 aromatic carbocycles. The van der Waals surface area contributed by atoms with E-state index in [-0.39, 0.29) is 11.9 Å². The minimum Gasteiger partial charge on any atom is -0.313 e. The average Bonchev–Trinajstić information content (AvgIpc) is 2.17. The lowest BCUT2D eigenvalue weighted by Gasteiger charge is -2.20. The van der Waals surface area contributed by atoms with E-state index in [1.807, 2.05) is 13.8 Å². The smallest absolute Gasteiger partial charge is 0.123 e. The van der Waals surface area contributed by atoms with Gasteiger partial charge in [0.2, 0.25) is 0 Å². The minimum atomic E-state index is -0.253. The number of rotatable bonds is 3. The summed E-state index contributed by atoms with van der Waals surface area (Å²) < 4.78 is 12.6. The van der Waals surface area contributed by atoms with Gasteiger partial charge in [0.25, 0.3) is 0 Å². The molecule has 0 radical (unpaired) electrons. The highest BCUT2D eigenvalue weighted by atomic mass is 19.1. The molecule has 0 aliphatic heterocycles. The number of halogens is 1. The van der Waals surface area contributed by atoms with E-state index in [2.05, 4.69) is 0 Å². The van der Waals surface area contributed by atoms with Crippen LogP contribution in [0.3, 0.4) is 0 Å². The fraction of sp³-hybridized carbons (Fsp3) is 0.400. The monoisotopic (exact) mass is 183 g/mol. The minimum absolute atomic E-state index is 0.0920. The van der Waals surface area contributed by atoms with Gasteiger partial charge < -0.3 is 5.21 Å². The Bertz CT molecular complexity index is 260. The van der Waals surface area contributed by atoms with Gasteiger partial charge in [-0.05, 0) is 24.6 Å². The van der Waals surface area contributed by atoms with Crippen LogP contribution in [-0.4, -0.2) is 16.8 Å². The Kier molecular flexibility index (Phi) is 3.39. The summed E-state index contributed by atoms with van der Waals surface area (Å²) in [6.07, 6.45) is 0. The Balaban J connectivity index is 2.77. The summed E-state index contributed by atoms with van der Waals surface area (Å²) in [6.45, 7) is 4.29. The lowest BCUT2D eigenvalue weighted by atomic mass is 10.1. The molecule has 1 N–H and O–H groups in total. The predicted octanol–water partition coefficient (Wildman–Crippen LogP) is 2.60. The number of hydrogen-bond acceptors (Lipinski definition) is 2. The maximum atomic E-state index is 12.6. The summed E-state index contributed by atoms with van der Waals surface area (Å²) in [5.74, 6) is -0.253. The third-order valence-electron chi connectivity index (χ3n) is 2.12. The van der Waals surface area contributed by atoms with Gasteiger partial charge in [-0.2, -0.15) is 5.06 Å². The van der Waals surface area contributed by atoms with Crippen LogP contribution >= 0.6 is 0 Å². The molecule has 3 heteroatoms. The van der Waals surface area contributed by atoms with Gasteiger partial charge in [0.15, 0.2) is 0 Å². The molecule has 1 rings (SSSR count). The molecule has 1 atom stereocenters. The first-order chi connectivity index (χ1) is 6.15. The highest BCUT2D eigenvalue weighted by Crippen LogP contribution is 2.17. The Hall–Kier alpha value is -0.930. The van der Waals surface area contributed by atoms with E-state index in [1.54, 1.807) is 12.1 Å². The van der Waals surface area contributed by atoms with Gasteiger partial charge in [-0.1, -0.05) is 19.1 Å².